The molecule has 2 aromatic rings. The van der Waals surface area contributed by atoms with Gasteiger partial charge in [0.2, 0.25) is 0 Å². The molecule has 0 unspecified atom stereocenters. The number of nitrogens with one attached hydrogen (secondary N) is 2. The molecular weight excluding hydrogens is 478 g/mol. The van der Waals surface area contributed by atoms with Crippen LogP contribution in [0.5, 0.6) is 5.75 Å². The number of benzene rings is 1. The molecule has 0 aliphatic carbocycles. The van der Waals surface area contributed by atoms with Gasteiger partial charge in [-0.3, -0.25) is 23.4 Å². The number of hydrogen-bond acceptors (Lipinski definition) is 10. The Morgan fingerprint density at radius 1 is 1.31 bits per heavy atom. The van der Waals surface area contributed by atoms with Crippen molar-refractivity contribution in [2.75, 3.05) is 29.8 Å². The topological polar surface area (TPSA) is 183 Å². The number of aromatic nitrogens is 1. The number of carbonyl (C=O) groups excluding carboxylic acids is 3. The van der Waals surface area contributed by atoms with Crippen LogP contribution in [0.4, 0.5) is 16.3 Å². The van der Waals surface area contributed by atoms with E-state index < -0.39 is 34.3 Å². The average Bonchev–Trinajstić information content (AvgIpc) is 3.02. The number of urea groups is 1. The second kappa shape index (κ2) is 8.72. The maximum absolute atomic E-state index is 12.9. The fourth-order valence-corrected chi connectivity index (χ4v) is 4.43. The van der Waals surface area contributed by atoms with Crippen LogP contribution in [-0.4, -0.2) is 68.4 Å². The Labute approximate surface area is 202 Å². The van der Waals surface area contributed by atoms with Crippen LogP contribution in [0.2, 0.25) is 0 Å². The highest BCUT2D eigenvalue weighted by molar-refractivity contribution is 8.24. The van der Waals surface area contributed by atoms with E-state index in [1.807, 2.05) is 0 Å². The number of hydrogen-bond donors (Lipinski definition) is 5. The fraction of sp³-hybridized carbons (Fsp3) is 0.286. The monoisotopic (exact) mass is 503 g/mol. The lowest BCUT2D eigenvalue weighted by Gasteiger charge is -2.34. The molecule has 0 atom stereocenters. The van der Waals surface area contributed by atoms with Crippen molar-refractivity contribution >= 4 is 46.1 Å². The van der Waals surface area contributed by atoms with Crippen LogP contribution in [0.25, 0.3) is 0 Å². The maximum Gasteiger partial charge on any atom is 0.332 e. The van der Waals surface area contributed by atoms with Crippen LogP contribution in [0.15, 0.2) is 40.9 Å². The molecule has 0 radical (unpaired) electrons. The molecule has 1 aromatic carbocycles. The summed E-state index contributed by atoms with van der Waals surface area (Å²) in [7, 11) is -1.92. The third-order valence-electron chi connectivity index (χ3n) is 5.17. The van der Waals surface area contributed by atoms with Crippen molar-refractivity contribution in [2.45, 2.75) is 19.4 Å². The zero-order valence-corrected chi connectivity index (χ0v) is 20.0. The van der Waals surface area contributed by atoms with Crippen molar-refractivity contribution in [1.29, 1.82) is 0 Å². The summed E-state index contributed by atoms with van der Waals surface area (Å²) in [5.41, 5.74) is 6.00. The number of amidine groups is 1. The average molecular weight is 504 g/mol. The summed E-state index contributed by atoms with van der Waals surface area (Å²) in [6, 6.07) is 7.24. The second-order valence-electron chi connectivity index (χ2n) is 8.67. The first kappa shape index (κ1) is 24.3. The molecule has 0 saturated carbocycles. The third-order valence-corrected chi connectivity index (χ3v) is 6.12. The molecule has 1 fully saturated rings. The second-order valence-corrected chi connectivity index (χ2v) is 10.1. The van der Waals surface area contributed by atoms with E-state index >= 15 is 0 Å². The van der Waals surface area contributed by atoms with Gasteiger partial charge in [-0.05, 0) is 49.1 Å². The van der Waals surface area contributed by atoms with Gasteiger partial charge in [-0.2, -0.15) is 0 Å². The third kappa shape index (κ3) is 4.99. The number of anilines is 2. The minimum atomic E-state index is -3.42. The Morgan fingerprint density at radius 3 is 2.74 bits per heavy atom. The molecule has 0 spiro atoms. The van der Waals surface area contributed by atoms with Gasteiger partial charge in [0.1, 0.15) is 24.7 Å². The Morgan fingerprint density at radius 2 is 2.06 bits per heavy atom. The van der Waals surface area contributed by atoms with Gasteiger partial charge in [-0.1, -0.05) is 6.07 Å². The molecule has 4 amide bonds. The number of amides is 4. The Kier molecular flexibility index (Phi) is 6.04. The van der Waals surface area contributed by atoms with Crippen LogP contribution in [0.1, 0.15) is 29.8 Å². The standard InChI is InChI=1S/C21H25N7O6S/c1-21(2,11-34-14-6-4-5-13-17(14)18(22)26-35(32,33)25-13)24-19(30)12-7-8-23-15(9-12)28-16(29)10-27(3)20(28)31/h4-9,25,32-33H,10-11H2,1-3H3,(H2,22,26)(H,24,30). The Hall–Kier alpha value is -3.88. The van der Waals surface area contributed by atoms with Gasteiger partial charge < -0.3 is 20.7 Å². The zero-order valence-electron chi connectivity index (χ0n) is 19.2. The van der Waals surface area contributed by atoms with Crippen molar-refractivity contribution in [2.24, 2.45) is 10.1 Å². The minimum absolute atomic E-state index is 0.0323. The summed E-state index contributed by atoms with van der Waals surface area (Å²) in [5, 5.41) is 2.85. The highest BCUT2D eigenvalue weighted by atomic mass is 32.3. The summed E-state index contributed by atoms with van der Waals surface area (Å²) in [6.45, 7) is 3.47. The molecule has 1 aromatic heterocycles. The largest absolute Gasteiger partial charge is 0.490 e. The number of likely N-dealkylation sites (N-methyl/N-ethyl adjacent to an activating group) is 1. The predicted octanol–water partition coefficient (Wildman–Crippen LogP) is 1.78. The van der Waals surface area contributed by atoms with Crippen molar-refractivity contribution < 1.29 is 28.2 Å². The summed E-state index contributed by atoms with van der Waals surface area (Å²) in [6.07, 6.45) is 1.35. The summed E-state index contributed by atoms with van der Waals surface area (Å²) >= 11 is 0. The molecular formula is C21H25N7O6S. The molecule has 14 heteroatoms. The van der Waals surface area contributed by atoms with Crippen molar-refractivity contribution in [3.63, 3.8) is 0 Å². The van der Waals surface area contributed by atoms with Crippen LogP contribution < -0.4 is 25.4 Å². The number of carbonyl (C=O) groups is 3. The predicted molar refractivity (Wildman–Crippen MR) is 130 cm³/mol. The molecule has 0 bridgehead atoms. The molecule has 13 nitrogen and oxygen atoms in total. The summed E-state index contributed by atoms with van der Waals surface area (Å²) in [5.74, 6) is -0.565. The SMILES string of the molecule is CN1CC(=O)N(c2cc(C(=O)NC(C)(C)COc3cccc4c3C(N)=NS(O)(O)N4)ccn2)C1=O. The lowest BCUT2D eigenvalue weighted by atomic mass is 10.1. The number of pyridine rings is 1. The van der Waals surface area contributed by atoms with Gasteiger partial charge in [-0.15, -0.1) is 4.40 Å². The highest BCUT2D eigenvalue weighted by Crippen LogP contribution is 2.46. The quantitative estimate of drug-likeness (QED) is 0.367. The first-order valence-electron chi connectivity index (χ1n) is 10.4. The number of nitrogens with zero attached hydrogens (tertiary/aromatic N) is 4. The first-order valence-corrected chi connectivity index (χ1v) is 11.9. The summed E-state index contributed by atoms with van der Waals surface area (Å²) in [4.78, 5) is 43.6. The lowest BCUT2D eigenvalue weighted by molar-refractivity contribution is -0.116. The van der Waals surface area contributed by atoms with Crippen molar-refractivity contribution in [3.05, 3.63) is 47.7 Å². The van der Waals surface area contributed by atoms with Crippen LogP contribution in [0.3, 0.4) is 0 Å². The van der Waals surface area contributed by atoms with Crippen LogP contribution in [-0.2, 0) is 4.79 Å². The summed E-state index contributed by atoms with van der Waals surface area (Å²) < 4.78 is 31.7. The van der Waals surface area contributed by atoms with Gasteiger partial charge in [0.05, 0.1) is 16.8 Å². The zero-order chi connectivity index (χ0) is 25.5. The highest BCUT2D eigenvalue weighted by Gasteiger charge is 2.36. The van der Waals surface area contributed by atoms with E-state index in [1.165, 1.54) is 30.3 Å². The van der Waals surface area contributed by atoms with Crippen LogP contribution in [0, 0.1) is 0 Å². The van der Waals surface area contributed by atoms with E-state index in [-0.39, 0.29) is 30.4 Å². The normalized spacial score (nSPS) is 17.9. The fourth-order valence-electron chi connectivity index (χ4n) is 3.55. The van der Waals surface area contributed by atoms with Gasteiger partial charge >= 0.3 is 6.03 Å². The van der Waals surface area contributed by atoms with Crippen LogP contribution >= 0.6 is 11.0 Å². The van der Waals surface area contributed by atoms with Gasteiger partial charge in [0.15, 0.2) is 5.84 Å². The van der Waals surface area contributed by atoms with Gasteiger partial charge in [0, 0.05) is 18.8 Å². The Balaban J connectivity index is 1.46. The van der Waals surface area contributed by atoms with E-state index in [0.29, 0.717) is 17.0 Å². The molecule has 35 heavy (non-hydrogen) atoms. The Bertz CT molecular complexity index is 1250. The molecule has 2 aliphatic heterocycles. The molecule has 186 valence electrons. The maximum atomic E-state index is 12.9. The van der Waals surface area contributed by atoms with E-state index in [2.05, 4.69) is 19.4 Å². The van der Waals surface area contributed by atoms with E-state index in [1.54, 1.807) is 32.0 Å². The molecule has 3 heterocycles. The number of ether oxygens (including phenoxy) is 1. The number of rotatable bonds is 6. The van der Waals surface area contributed by atoms with E-state index in [9.17, 15) is 23.5 Å². The lowest BCUT2D eigenvalue weighted by Crippen LogP contribution is -2.48. The number of nitrogens with two attached hydrogens (primary N) is 1. The molecule has 6 N–H and O–H groups in total. The molecule has 2 aliphatic rings. The number of imide groups is 1. The molecule has 1 saturated heterocycles. The molecule has 4 rings (SSSR count). The van der Waals surface area contributed by atoms with E-state index in [0.717, 1.165) is 4.90 Å². The van der Waals surface area contributed by atoms with Crippen molar-refractivity contribution in [1.82, 2.24) is 15.2 Å². The van der Waals surface area contributed by atoms with E-state index in [4.69, 9.17) is 10.5 Å². The van der Waals surface area contributed by atoms with Crippen molar-refractivity contribution in [3.8, 4) is 5.75 Å². The first-order chi connectivity index (χ1) is 16.4. The number of fused-ring (bicyclic) bond motifs is 1. The minimum Gasteiger partial charge on any atom is -0.490 e. The smallest absolute Gasteiger partial charge is 0.332 e. The van der Waals surface area contributed by atoms with Gasteiger partial charge in [0.25, 0.3) is 11.8 Å². The van der Waals surface area contributed by atoms with Gasteiger partial charge in [-0.25, -0.2) is 14.7 Å².